The zero-order chi connectivity index (χ0) is 13.4. The molecule has 3 atom stereocenters. The third kappa shape index (κ3) is 3.09. The summed E-state index contributed by atoms with van der Waals surface area (Å²) in [7, 11) is 2.23. The molecule has 2 N–H and O–H groups in total. The molecule has 0 spiro atoms. The Morgan fingerprint density at radius 1 is 1.26 bits per heavy atom. The summed E-state index contributed by atoms with van der Waals surface area (Å²) in [6, 6.07) is 1.40. The van der Waals surface area contributed by atoms with Crippen LogP contribution in [0.15, 0.2) is 0 Å². The highest BCUT2D eigenvalue weighted by Gasteiger charge is 2.36. The van der Waals surface area contributed by atoms with Crippen LogP contribution in [-0.2, 0) is 4.79 Å². The van der Waals surface area contributed by atoms with Gasteiger partial charge in [-0.2, -0.15) is 0 Å². The molecule has 1 saturated carbocycles. The SMILES string of the molecule is CN1C2CCC1CN(CC(NC1CC1)C(=O)O)CC2. The molecule has 2 bridgehead atoms. The molecule has 108 valence electrons. The van der Waals surface area contributed by atoms with Crippen LogP contribution in [0.1, 0.15) is 32.1 Å². The van der Waals surface area contributed by atoms with Gasteiger partial charge in [0.05, 0.1) is 0 Å². The maximum atomic E-state index is 11.3. The number of carboxylic acid groups (broad SMARTS) is 1. The second-order valence-electron chi connectivity index (χ2n) is 6.43. The van der Waals surface area contributed by atoms with Crippen LogP contribution in [0, 0.1) is 0 Å². The third-order valence-corrected chi connectivity index (χ3v) is 4.99. The second-order valence-corrected chi connectivity index (χ2v) is 6.43. The Bertz CT molecular complexity index is 346. The first-order valence-corrected chi connectivity index (χ1v) is 7.56. The molecule has 3 rings (SSSR count). The van der Waals surface area contributed by atoms with E-state index in [1.54, 1.807) is 0 Å². The van der Waals surface area contributed by atoms with E-state index in [1.165, 1.54) is 19.3 Å². The van der Waals surface area contributed by atoms with E-state index in [-0.39, 0.29) is 0 Å². The molecule has 3 unspecified atom stereocenters. The Kier molecular flexibility index (Phi) is 3.78. The molecule has 5 nitrogen and oxygen atoms in total. The van der Waals surface area contributed by atoms with E-state index in [0.717, 1.165) is 32.0 Å². The number of aliphatic carboxylic acids is 1. The first-order chi connectivity index (χ1) is 9.13. The summed E-state index contributed by atoms with van der Waals surface area (Å²) in [5, 5.41) is 12.6. The number of fused-ring (bicyclic) bond motifs is 2. The number of rotatable bonds is 5. The highest BCUT2D eigenvalue weighted by molar-refractivity contribution is 5.73. The van der Waals surface area contributed by atoms with Gasteiger partial charge in [-0.15, -0.1) is 0 Å². The maximum absolute atomic E-state index is 11.3. The molecule has 0 amide bonds. The lowest BCUT2D eigenvalue weighted by atomic mass is 10.1. The van der Waals surface area contributed by atoms with Gasteiger partial charge in [-0.3, -0.25) is 14.6 Å². The van der Waals surface area contributed by atoms with Crippen LogP contribution < -0.4 is 5.32 Å². The van der Waals surface area contributed by atoms with Crippen LogP contribution >= 0.6 is 0 Å². The molecule has 19 heavy (non-hydrogen) atoms. The topological polar surface area (TPSA) is 55.8 Å². The van der Waals surface area contributed by atoms with Crippen molar-refractivity contribution in [3.63, 3.8) is 0 Å². The highest BCUT2D eigenvalue weighted by Crippen LogP contribution is 2.28. The van der Waals surface area contributed by atoms with E-state index in [4.69, 9.17) is 0 Å². The molecule has 0 aromatic heterocycles. The molecule has 3 fully saturated rings. The van der Waals surface area contributed by atoms with E-state index >= 15 is 0 Å². The lowest BCUT2D eigenvalue weighted by molar-refractivity contribution is -0.140. The molecule has 3 aliphatic rings. The van der Waals surface area contributed by atoms with Crippen LogP contribution in [0.3, 0.4) is 0 Å². The zero-order valence-electron chi connectivity index (χ0n) is 11.7. The van der Waals surface area contributed by atoms with Crippen molar-refractivity contribution in [3.05, 3.63) is 0 Å². The van der Waals surface area contributed by atoms with Crippen molar-refractivity contribution < 1.29 is 9.90 Å². The summed E-state index contributed by atoms with van der Waals surface area (Å²) in [6.45, 7) is 2.73. The molecule has 2 heterocycles. The Labute approximate surface area is 114 Å². The smallest absolute Gasteiger partial charge is 0.322 e. The molecule has 0 aromatic rings. The van der Waals surface area contributed by atoms with Crippen LogP contribution in [0.4, 0.5) is 0 Å². The van der Waals surface area contributed by atoms with Crippen LogP contribution in [0.5, 0.6) is 0 Å². The van der Waals surface area contributed by atoms with E-state index < -0.39 is 12.0 Å². The molecule has 0 aromatic carbocycles. The molecule has 2 saturated heterocycles. The lowest BCUT2D eigenvalue weighted by Gasteiger charge is -2.28. The normalized spacial score (nSPS) is 34.2. The predicted molar refractivity (Wildman–Crippen MR) is 73.2 cm³/mol. The van der Waals surface area contributed by atoms with Gasteiger partial charge in [0.25, 0.3) is 0 Å². The standard InChI is InChI=1S/C14H25N3O2/c1-16-11-4-5-12(16)8-17(7-6-11)9-13(14(18)19)15-10-2-3-10/h10-13,15H,2-9H2,1H3,(H,18,19). The molecule has 5 heteroatoms. The Balaban J connectivity index is 1.57. The van der Waals surface area contributed by atoms with Gasteiger partial charge in [0.2, 0.25) is 0 Å². The zero-order valence-corrected chi connectivity index (χ0v) is 11.7. The fourth-order valence-corrected chi connectivity index (χ4v) is 3.54. The van der Waals surface area contributed by atoms with E-state index in [1.807, 2.05) is 0 Å². The van der Waals surface area contributed by atoms with Crippen molar-refractivity contribution in [1.29, 1.82) is 0 Å². The summed E-state index contributed by atoms with van der Waals surface area (Å²) >= 11 is 0. The number of hydrogen-bond acceptors (Lipinski definition) is 4. The van der Waals surface area contributed by atoms with Crippen LogP contribution in [-0.4, -0.2) is 71.7 Å². The molecule has 2 aliphatic heterocycles. The summed E-state index contributed by atoms with van der Waals surface area (Å²) < 4.78 is 0. The van der Waals surface area contributed by atoms with Crippen molar-refractivity contribution in [3.8, 4) is 0 Å². The van der Waals surface area contributed by atoms with Crippen LogP contribution in [0.2, 0.25) is 0 Å². The molecular formula is C14H25N3O2. The van der Waals surface area contributed by atoms with Crippen molar-refractivity contribution in [1.82, 2.24) is 15.1 Å². The Hall–Kier alpha value is -0.650. The number of nitrogens with zero attached hydrogens (tertiary/aromatic N) is 2. The van der Waals surface area contributed by atoms with Gasteiger partial charge in [-0.05, 0) is 45.7 Å². The quantitative estimate of drug-likeness (QED) is 0.753. The highest BCUT2D eigenvalue weighted by atomic mass is 16.4. The van der Waals surface area contributed by atoms with Gasteiger partial charge in [-0.25, -0.2) is 0 Å². The van der Waals surface area contributed by atoms with Gasteiger partial charge in [0, 0.05) is 31.2 Å². The van der Waals surface area contributed by atoms with Gasteiger partial charge in [-0.1, -0.05) is 0 Å². The summed E-state index contributed by atoms with van der Waals surface area (Å²) in [5.74, 6) is -0.699. The maximum Gasteiger partial charge on any atom is 0.322 e. The predicted octanol–water partition coefficient (Wildman–Crippen LogP) is 0.360. The second kappa shape index (κ2) is 5.38. The molecule has 1 aliphatic carbocycles. The van der Waals surface area contributed by atoms with E-state index in [2.05, 4.69) is 22.2 Å². The summed E-state index contributed by atoms with van der Waals surface area (Å²) in [4.78, 5) is 16.2. The summed E-state index contributed by atoms with van der Waals surface area (Å²) in [6.07, 6.45) is 6.04. The fourth-order valence-electron chi connectivity index (χ4n) is 3.54. The average Bonchev–Trinajstić information content (AvgIpc) is 3.10. The minimum atomic E-state index is -0.699. The largest absolute Gasteiger partial charge is 0.480 e. The molecule has 0 radical (unpaired) electrons. The Morgan fingerprint density at radius 2 is 2.00 bits per heavy atom. The van der Waals surface area contributed by atoms with Gasteiger partial charge < -0.3 is 10.4 Å². The fraction of sp³-hybridized carbons (Fsp3) is 0.929. The van der Waals surface area contributed by atoms with E-state index in [9.17, 15) is 9.90 Å². The average molecular weight is 267 g/mol. The van der Waals surface area contributed by atoms with Crippen molar-refractivity contribution in [2.45, 2.75) is 56.3 Å². The number of carbonyl (C=O) groups is 1. The molecular weight excluding hydrogens is 242 g/mol. The number of likely N-dealkylation sites (N-methyl/N-ethyl adjacent to an activating group) is 1. The monoisotopic (exact) mass is 267 g/mol. The van der Waals surface area contributed by atoms with Gasteiger partial charge in [0.1, 0.15) is 6.04 Å². The number of carboxylic acids is 1. The van der Waals surface area contributed by atoms with E-state index in [0.29, 0.717) is 18.6 Å². The Morgan fingerprint density at radius 3 is 2.68 bits per heavy atom. The van der Waals surface area contributed by atoms with Gasteiger partial charge in [0.15, 0.2) is 0 Å². The number of hydrogen-bond donors (Lipinski definition) is 2. The summed E-state index contributed by atoms with van der Waals surface area (Å²) in [5.41, 5.74) is 0. The van der Waals surface area contributed by atoms with Crippen molar-refractivity contribution in [2.24, 2.45) is 0 Å². The van der Waals surface area contributed by atoms with Crippen molar-refractivity contribution in [2.75, 3.05) is 26.7 Å². The van der Waals surface area contributed by atoms with Gasteiger partial charge >= 0.3 is 5.97 Å². The number of likely N-dealkylation sites (tertiary alicyclic amines) is 1. The minimum absolute atomic E-state index is 0.394. The first kappa shape index (κ1) is 13.3. The van der Waals surface area contributed by atoms with Crippen molar-refractivity contribution >= 4 is 5.97 Å². The minimum Gasteiger partial charge on any atom is -0.480 e. The number of nitrogens with one attached hydrogen (secondary N) is 1. The van der Waals surface area contributed by atoms with Crippen LogP contribution in [0.25, 0.3) is 0 Å². The first-order valence-electron chi connectivity index (χ1n) is 7.56. The lowest BCUT2D eigenvalue weighted by Crippen LogP contribution is -2.49. The third-order valence-electron chi connectivity index (χ3n) is 4.99.